The predicted molar refractivity (Wildman–Crippen MR) is 92.2 cm³/mol. The van der Waals surface area contributed by atoms with E-state index in [2.05, 4.69) is 5.32 Å². The van der Waals surface area contributed by atoms with Gasteiger partial charge in [0.2, 0.25) is 5.91 Å². The molecular weight excluding hydrogens is 322 g/mol. The fourth-order valence-corrected chi connectivity index (χ4v) is 2.59. The monoisotopic (exact) mass is 341 g/mol. The molecule has 130 valence electrons. The summed E-state index contributed by atoms with van der Waals surface area (Å²) in [5, 5.41) is 11.5. The summed E-state index contributed by atoms with van der Waals surface area (Å²) in [6.07, 6.45) is 0.800. The van der Waals surface area contributed by atoms with Crippen LogP contribution in [0.2, 0.25) is 0 Å². The molecule has 0 spiro atoms. The number of carboxylic acid groups (broad SMARTS) is 1. The van der Waals surface area contributed by atoms with Crippen LogP contribution >= 0.6 is 0 Å². The molecule has 0 saturated heterocycles. The van der Waals surface area contributed by atoms with Crippen LogP contribution in [0.3, 0.4) is 0 Å². The van der Waals surface area contributed by atoms with Crippen molar-refractivity contribution in [2.24, 2.45) is 0 Å². The van der Waals surface area contributed by atoms with Crippen molar-refractivity contribution in [2.45, 2.75) is 19.3 Å². The summed E-state index contributed by atoms with van der Waals surface area (Å²) in [7, 11) is 0. The molecule has 3 rings (SSSR count). The summed E-state index contributed by atoms with van der Waals surface area (Å²) >= 11 is 0. The second-order valence-corrected chi connectivity index (χ2v) is 5.79. The summed E-state index contributed by atoms with van der Waals surface area (Å²) in [4.78, 5) is 22.8. The van der Waals surface area contributed by atoms with Gasteiger partial charge >= 0.3 is 5.97 Å². The SMILES string of the molecule is O=C(O)CCc1ccc(NC(=O)Cc2ccc3c(c2)OCCO3)cc1. The highest BCUT2D eigenvalue weighted by atomic mass is 16.6. The van der Waals surface area contributed by atoms with Crippen LogP contribution in [0.15, 0.2) is 42.5 Å². The average molecular weight is 341 g/mol. The molecule has 0 aliphatic carbocycles. The van der Waals surface area contributed by atoms with Gasteiger partial charge in [0.25, 0.3) is 0 Å². The van der Waals surface area contributed by atoms with Crippen molar-refractivity contribution in [3.63, 3.8) is 0 Å². The predicted octanol–water partition coefficient (Wildman–Crippen LogP) is 2.66. The number of aliphatic carboxylic acids is 1. The lowest BCUT2D eigenvalue weighted by molar-refractivity contribution is -0.137. The molecule has 2 aromatic carbocycles. The van der Waals surface area contributed by atoms with Gasteiger partial charge in [0.05, 0.1) is 6.42 Å². The highest BCUT2D eigenvalue weighted by molar-refractivity contribution is 5.92. The second kappa shape index (κ2) is 7.70. The van der Waals surface area contributed by atoms with E-state index in [1.807, 2.05) is 30.3 Å². The zero-order valence-corrected chi connectivity index (χ0v) is 13.7. The number of ether oxygens (including phenoxy) is 2. The van der Waals surface area contributed by atoms with Gasteiger partial charge in [-0.15, -0.1) is 0 Å². The lowest BCUT2D eigenvalue weighted by atomic mass is 10.1. The number of aryl methyl sites for hydroxylation is 1. The molecule has 0 fully saturated rings. The van der Waals surface area contributed by atoms with Crippen molar-refractivity contribution in [3.8, 4) is 11.5 Å². The zero-order chi connectivity index (χ0) is 17.6. The number of amides is 1. The molecule has 25 heavy (non-hydrogen) atoms. The normalized spacial score (nSPS) is 12.5. The number of anilines is 1. The quantitative estimate of drug-likeness (QED) is 0.844. The number of hydrogen-bond donors (Lipinski definition) is 2. The third-order valence-corrected chi connectivity index (χ3v) is 3.84. The first-order valence-corrected chi connectivity index (χ1v) is 8.09. The van der Waals surface area contributed by atoms with Crippen LogP contribution in [-0.4, -0.2) is 30.2 Å². The van der Waals surface area contributed by atoms with E-state index in [0.29, 0.717) is 36.8 Å². The first-order chi connectivity index (χ1) is 12.1. The van der Waals surface area contributed by atoms with E-state index in [1.54, 1.807) is 12.1 Å². The Morgan fingerprint density at radius 3 is 2.36 bits per heavy atom. The minimum atomic E-state index is -0.822. The number of carbonyl (C=O) groups excluding carboxylic acids is 1. The Labute approximate surface area is 145 Å². The van der Waals surface area contributed by atoms with Gasteiger partial charge in [0.1, 0.15) is 13.2 Å². The fraction of sp³-hybridized carbons (Fsp3) is 0.263. The van der Waals surface area contributed by atoms with Gasteiger partial charge in [-0.05, 0) is 41.8 Å². The standard InChI is InChI=1S/C19H19NO5/c21-18(12-14-3-7-16-17(11-14)25-10-9-24-16)20-15-5-1-13(2-6-15)4-8-19(22)23/h1-3,5-7,11H,4,8-10,12H2,(H,20,21)(H,22,23). The van der Waals surface area contributed by atoms with Gasteiger partial charge in [-0.1, -0.05) is 18.2 Å². The molecule has 0 bridgehead atoms. The average Bonchev–Trinajstić information content (AvgIpc) is 2.61. The molecule has 1 aliphatic heterocycles. The first-order valence-electron chi connectivity index (χ1n) is 8.09. The summed E-state index contributed by atoms with van der Waals surface area (Å²) in [6.45, 7) is 1.05. The van der Waals surface area contributed by atoms with Crippen LogP contribution in [0.1, 0.15) is 17.5 Å². The summed E-state index contributed by atoms with van der Waals surface area (Å²) in [5.41, 5.74) is 2.45. The Kier molecular flexibility index (Phi) is 5.18. The summed E-state index contributed by atoms with van der Waals surface area (Å²) in [5.74, 6) is 0.415. The Balaban J connectivity index is 1.56. The van der Waals surface area contributed by atoms with Gasteiger partial charge in [-0.2, -0.15) is 0 Å². The van der Waals surface area contributed by atoms with Crippen molar-refractivity contribution in [1.82, 2.24) is 0 Å². The van der Waals surface area contributed by atoms with E-state index in [0.717, 1.165) is 11.1 Å². The van der Waals surface area contributed by atoms with E-state index >= 15 is 0 Å². The highest BCUT2D eigenvalue weighted by Gasteiger charge is 2.13. The number of carbonyl (C=O) groups is 2. The molecule has 0 radical (unpaired) electrons. The summed E-state index contributed by atoms with van der Waals surface area (Å²) in [6, 6.07) is 12.7. The van der Waals surface area contributed by atoms with E-state index in [9.17, 15) is 9.59 Å². The van der Waals surface area contributed by atoms with E-state index in [4.69, 9.17) is 14.6 Å². The van der Waals surface area contributed by atoms with Crippen molar-refractivity contribution < 1.29 is 24.2 Å². The van der Waals surface area contributed by atoms with Crippen molar-refractivity contribution in [1.29, 1.82) is 0 Å². The van der Waals surface area contributed by atoms with Crippen LogP contribution in [0.5, 0.6) is 11.5 Å². The number of hydrogen-bond acceptors (Lipinski definition) is 4. The van der Waals surface area contributed by atoms with Gasteiger partial charge in [0.15, 0.2) is 11.5 Å². The molecule has 2 N–H and O–H groups in total. The zero-order valence-electron chi connectivity index (χ0n) is 13.7. The maximum atomic E-state index is 12.2. The first kappa shape index (κ1) is 16.8. The molecule has 0 saturated carbocycles. The topological polar surface area (TPSA) is 84.9 Å². The van der Waals surface area contributed by atoms with Crippen LogP contribution < -0.4 is 14.8 Å². The Hall–Kier alpha value is -3.02. The molecule has 0 aromatic heterocycles. The number of nitrogens with one attached hydrogen (secondary N) is 1. The lowest BCUT2D eigenvalue weighted by Crippen LogP contribution is -2.17. The molecule has 0 atom stereocenters. The summed E-state index contributed by atoms with van der Waals surface area (Å²) < 4.78 is 11.0. The largest absolute Gasteiger partial charge is 0.486 e. The van der Waals surface area contributed by atoms with Crippen LogP contribution in [0, 0.1) is 0 Å². The smallest absolute Gasteiger partial charge is 0.303 e. The van der Waals surface area contributed by atoms with E-state index in [1.165, 1.54) is 0 Å². The van der Waals surface area contributed by atoms with Crippen molar-refractivity contribution in [2.75, 3.05) is 18.5 Å². The van der Waals surface area contributed by atoms with Gasteiger partial charge < -0.3 is 19.9 Å². The molecule has 6 heteroatoms. The fourth-order valence-electron chi connectivity index (χ4n) is 2.59. The van der Waals surface area contributed by atoms with Crippen molar-refractivity contribution >= 4 is 17.6 Å². The molecule has 0 unspecified atom stereocenters. The van der Waals surface area contributed by atoms with Crippen LogP contribution in [0.4, 0.5) is 5.69 Å². The Bertz CT molecular complexity index is 770. The number of fused-ring (bicyclic) bond motifs is 1. The third kappa shape index (κ3) is 4.73. The van der Waals surface area contributed by atoms with Crippen LogP contribution in [-0.2, 0) is 22.4 Å². The molecule has 6 nitrogen and oxygen atoms in total. The van der Waals surface area contributed by atoms with Gasteiger partial charge in [-0.25, -0.2) is 0 Å². The third-order valence-electron chi connectivity index (χ3n) is 3.84. The number of rotatable bonds is 6. The molecule has 1 heterocycles. The highest BCUT2D eigenvalue weighted by Crippen LogP contribution is 2.30. The van der Waals surface area contributed by atoms with Crippen molar-refractivity contribution in [3.05, 3.63) is 53.6 Å². The van der Waals surface area contributed by atoms with E-state index in [-0.39, 0.29) is 18.7 Å². The maximum Gasteiger partial charge on any atom is 0.303 e. The number of benzene rings is 2. The molecule has 2 aromatic rings. The minimum absolute atomic E-state index is 0.0931. The maximum absolute atomic E-state index is 12.2. The Morgan fingerprint density at radius 1 is 0.960 bits per heavy atom. The van der Waals surface area contributed by atoms with Gasteiger partial charge in [0, 0.05) is 12.1 Å². The minimum Gasteiger partial charge on any atom is -0.486 e. The lowest BCUT2D eigenvalue weighted by Gasteiger charge is -2.18. The second-order valence-electron chi connectivity index (χ2n) is 5.79. The van der Waals surface area contributed by atoms with Crippen LogP contribution in [0.25, 0.3) is 0 Å². The molecule has 1 aliphatic rings. The number of carboxylic acids is 1. The molecule has 1 amide bonds. The Morgan fingerprint density at radius 2 is 1.64 bits per heavy atom. The molecular formula is C19H19NO5. The van der Waals surface area contributed by atoms with E-state index < -0.39 is 5.97 Å². The van der Waals surface area contributed by atoms with Gasteiger partial charge in [-0.3, -0.25) is 9.59 Å².